The minimum atomic E-state index is -0.922. The number of thiophene rings is 1. The summed E-state index contributed by atoms with van der Waals surface area (Å²) < 4.78 is 22.1. The van der Waals surface area contributed by atoms with Gasteiger partial charge in [0.25, 0.3) is 0 Å². The number of aromatic nitrogens is 1. The molecule has 1 unspecified atom stereocenters. The molecule has 2 aromatic heterocycles. The number of aliphatic hydroxyl groups excluding tert-OH is 1. The van der Waals surface area contributed by atoms with Crippen molar-refractivity contribution in [1.29, 1.82) is 0 Å². The molecule has 222 valence electrons. The second kappa shape index (κ2) is 14.1. The topological polar surface area (TPSA) is 57.9 Å². The second-order valence-electron chi connectivity index (χ2n) is 10.7. The number of benzene rings is 2. The molecule has 1 atom stereocenters. The maximum absolute atomic E-state index is 14.8. The SMILES string of the molecule is COc1ccc(-c2sc3c(c2CN2CCN(C)CC2)c(=O)c(C(O)C(C)C)cn3Cc2ccccc2F)cc1.Cl.Cl. The first-order valence-electron chi connectivity index (χ1n) is 13.4. The first-order valence-corrected chi connectivity index (χ1v) is 14.2. The zero-order valence-electron chi connectivity index (χ0n) is 23.8. The van der Waals surface area contributed by atoms with Gasteiger partial charge in [-0.05, 0) is 54.4 Å². The Labute approximate surface area is 257 Å². The van der Waals surface area contributed by atoms with Gasteiger partial charge in [-0.2, -0.15) is 0 Å². The van der Waals surface area contributed by atoms with Crippen LogP contribution in [0.15, 0.2) is 59.5 Å². The second-order valence-corrected chi connectivity index (χ2v) is 11.7. The highest BCUT2D eigenvalue weighted by Crippen LogP contribution is 2.40. The number of methoxy groups -OCH3 is 1. The smallest absolute Gasteiger partial charge is 0.196 e. The van der Waals surface area contributed by atoms with E-state index in [1.54, 1.807) is 36.8 Å². The van der Waals surface area contributed by atoms with Crippen LogP contribution in [-0.2, 0) is 13.1 Å². The summed E-state index contributed by atoms with van der Waals surface area (Å²) in [7, 11) is 3.77. The van der Waals surface area contributed by atoms with Crippen molar-refractivity contribution in [2.24, 2.45) is 5.92 Å². The fourth-order valence-corrected chi connectivity index (χ4v) is 6.46. The fraction of sp³-hybridized carbons (Fsp3) is 0.387. The van der Waals surface area contributed by atoms with Crippen LogP contribution in [0.4, 0.5) is 4.39 Å². The van der Waals surface area contributed by atoms with Gasteiger partial charge in [0, 0.05) is 54.9 Å². The van der Waals surface area contributed by atoms with Crippen molar-refractivity contribution >= 4 is 46.4 Å². The van der Waals surface area contributed by atoms with Gasteiger partial charge in [0.15, 0.2) is 5.43 Å². The summed E-state index contributed by atoms with van der Waals surface area (Å²) in [6.07, 6.45) is 0.810. The van der Waals surface area contributed by atoms with E-state index in [1.807, 2.05) is 48.7 Å². The Kier molecular flexibility index (Phi) is 11.4. The average Bonchev–Trinajstić information content (AvgIpc) is 3.32. The molecule has 6 nitrogen and oxygen atoms in total. The summed E-state index contributed by atoms with van der Waals surface area (Å²) in [5.74, 6) is 0.333. The van der Waals surface area contributed by atoms with Crippen molar-refractivity contribution in [3.63, 3.8) is 0 Å². The average molecular weight is 623 g/mol. The lowest BCUT2D eigenvalue weighted by Crippen LogP contribution is -2.44. The summed E-state index contributed by atoms with van der Waals surface area (Å²) in [6.45, 7) is 8.45. The zero-order chi connectivity index (χ0) is 27.7. The molecule has 0 amide bonds. The minimum absolute atomic E-state index is 0. The van der Waals surface area contributed by atoms with E-state index in [9.17, 15) is 14.3 Å². The molecule has 1 fully saturated rings. The number of ether oxygens (including phenoxy) is 1. The molecular weight excluding hydrogens is 584 g/mol. The third kappa shape index (κ3) is 6.96. The standard InChI is InChI=1S/C31H36FN3O3S.2ClH/c1-20(2)28(36)25-19-35(17-22-7-5-6-8-26(22)32)31-27(29(25)37)24(18-34-15-13-33(3)14-16-34)30(39-31)21-9-11-23(38-4)12-10-21;;/h5-12,19-20,28,36H,13-18H2,1-4H3;2*1H. The number of piperazine rings is 1. The summed E-state index contributed by atoms with van der Waals surface area (Å²) in [5, 5.41) is 11.7. The van der Waals surface area contributed by atoms with Gasteiger partial charge in [0.1, 0.15) is 16.4 Å². The van der Waals surface area contributed by atoms with Crippen LogP contribution in [0.1, 0.15) is 36.6 Å². The van der Waals surface area contributed by atoms with Gasteiger partial charge in [-0.15, -0.1) is 36.2 Å². The molecule has 0 aliphatic carbocycles. The lowest BCUT2D eigenvalue weighted by Gasteiger charge is -2.32. The number of fused-ring (bicyclic) bond motifs is 1. The van der Waals surface area contributed by atoms with Crippen molar-refractivity contribution in [2.45, 2.75) is 33.0 Å². The number of hydrogen-bond acceptors (Lipinski definition) is 6. The molecular formula is C31H38Cl2FN3O3S. The number of aliphatic hydroxyl groups is 1. The Hall–Kier alpha value is -2.46. The van der Waals surface area contributed by atoms with Crippen molar-refractivity contribution < 1.29 is 14.2 Å². The highest BCUT2D eigenvalue weighted by atomic mass is 35.5. The molecule has 0 saturated carbocycles. The highest BCUT2D eigenvalue weighted by Gasteiger charge is 2.26. The molecule has 2 aromatic carbocycles. The highest BCUT2D eigenvalue weighted by molar-refractivity contribution is 7.22. The van der Waals surface area contributed by atoms with Gasteiger partial charge < -0.3 is 19.3 Å². The van der Waals surface area contributed by atoms with E-state index in [1.165, 1.54) is 6.07 Å². The van der Waals surface area contributed by atoms with Gasteiger partial charge >= 0.3 is 0 Å². The van der Waals surface area contributed by atoms with Crippen LogP contribution in [-0.4, -0.2) is 59.8 Å². The summed E-state index contributed by atoms with van der Waals surface area (Å²) in [4.78, 5) is 20.6. The number of rotatable bonds is 8. The van der Waals surface area contributed by atoms with E-state index in [-0.39, 0.29) is 48.5 Å². The zero-order valence-corrected chi connectivity index (χ0v) is 26.3. The van der Waals surface area contributed by atoms with Gasteiger partial charge in [0.05, 0.1) is 25.1 Å². The van der Waals surface area contributed by atoms with Crippen molar-refractivity contribution in [1.82, 2.24) is 14.4 Å². The van der Waals surface area contributed by atoms with E-state index in [0.29, 0.717) is 23.1 Å². The molecule has 0 radical (unpaired) electrons. The quantitative estimate of drug-likeness (QED) is 0.254. The van der Waals surface area contributed by atoms with Gasteiger partial charge in [-0.25, -0.2) is 4.39 Å². The van der Waals surface area contributed by atoms with E-state index >= 15 is 0 Å². The molecule has 10 heteroatoms. The molecule has 5 rings (SSSR count). The largest absolute Gasteiger partial charge is 0.497 e. The van der Waals surface area contributed by atoms with Crippen LogP contribution >= 0.6 is 36.2 Å². The summed E-state index contributed by atoms with van der Waals surface area (Å²) in [6, 6.07) is 14.6. The van der Waals surface area contributed by atoms with Crippen LogP contribution in [0.25, 0.3) is 20.7 Å². The van der Waals surface area contributed by atoms with E-state index < -0.39 is 6.10 Å². The Balaban J connectivity index is 0.00000231. The van der Waals surface area contributed by atoms with Crippen LogP contribution in [0, 0.1) is 11.7 Å². The van der Waals surface area contributed by atoms with E-state index in [0.717, 1.165) is 52.8 Å². The van der Waals surface area contributed by atoms with Crippen LogP contribution < -0.4 is 10.2 Å². The maximum Gasteiger partial charge on any atom is 0.196 e. The Morgan fingerprint density at radius 1 is 1.00 bits per heavy atom. The van der Waals surface area contributed by atoms with Crippen molar-refractivity contribution in [3.8, 4) is 16.2 Å². The van der Waals surface area contributed by atoms with Crippen molar-refractivity contribution in [2.75, 3.05) is 40.3 Å². The summed E-state index contributed by atoms with van der Waals surface area (Å²) >= 11 is 1.56. The van der Waals surface area contributed by atoms with Crippen molar-refractivity contribution in [3.05, 3.63) is 87.5 Å². The first-order chi connectivity index (χ1) is 18.8. The lowest BCUT2D eigenvalue weighted by molar-refractivity contribution is 0.125. The minimum Gasteiger partial charge on any atom is -0.497 e. The molecule has 1 N–H and O–H groups in total. The van der Waals surface area contributed by atoms with Crippen LogP contribution in [0.5, 0.6) is 5.75 Å². The predicted octanol–water partition coefficient (Wildman–Crippen LogP) is 6.21. The van der Waals surface area contributed by atoms with Gasteiger partial charge in [-0.3, -0.25) is 9.69 Å². The number of hydrogen-bond donors (Lipinski definition) is 1. The Morgan fingerprint density at radius 3 is 2.27 bits per heavy atom. The molecule has 1 aliphatic heterocycles. The lowest BCUT2D eigenvalue weighted by atomic mass is 9.97. The Bertz CT molecular complexity index is 1520. The molecule has 0 spiro atoms. The third-order valence-corrected chi connectivity index (χ3v) is 8.93. The normalized spacial score (nSPS) is 15.0. The third-order valence-electron chi connectivity index (χ3n) is 7.61. The van der Waals surface area contributed by atoms with E-state index in [4.69, 9.17) is 4.74 Å². The molecule has 1 aliphatic rings. The summed E-state index contributed by atoms with van der Waals surface area (Å²) in [5.41, 5.74) is 2.72. The van der Waals surface area contributed by atoms with Gasteiger partial charge in [-0.1, -0.05) is 32.0 Å². The molecule has 1 saturated heterocycles. The van der Waals surface area contributed by atoms with Crippen LogP contribution in [0.3, 0.4) is 0 Å². The monoisotopic (exact) mass is 621 g/mol. The first kappa shape index (κ1) is 33.0. The fourth-order valence-electron chi connectivity index (χ4n) is 5.17. The Morgan fingerprint density at radius 2 is 1.66 bits per heavy atom. The molecule has 41 heavy (non-hydrogen) atoms. The molecule has 0 bridgehead atoms. The van der Waals surface area contributed by atoms with Gasteiger partial charge in [0.2, 0.25) is 0 Å². The molecule has 4 aromatic rings. The van der Waals surface area contributed by atoms with E-state index in [2.05, 4.69) is 16.8 Å². The predicted molar refractivity (Wildman–Crippen MR) is 171 cm³/mol. The maximum atomic E-state index is 14.8. The number of nitrogens with zero attached hydrogens (tertiary/aromatic N) is 3. The van der Waals surface area contributed by atoms with Crippen LogP contribution in [0.2, 0.25) is 0 Å². The number of likely N-dealkylation sites (N-methyl/N-ethyl adjacent to an activating group) is 1. The number of pyridine rings is 1. The molecule has 3 heterocycles. The number of halogens is 3.